The second kappa shape index (κ2) is 8.58. The van der Waals surface area contributed by atoms with E-state index in [1.165, 1.54) is 0 Å². The fourth-order valence-corrected chi connectivity index (χ4v) is 5.19. The Kier molecular flexibility index (Phi) is 5.63. The van der Waals surface area contributed by atoms with Gasteiger partial charge < -0.3 is 23.8 Å². The van der Waals surface area contributed by atoms with Crippen LogP contribution in [-0.4, -0.2) is 70.6 Å². The van der Waals surface area contributed by atoms with Crippen molar-refractivity contribution in [2.24, 2.45) is 0 Å². The summed E-state index contributed by atoms with van der Waals surface area (Å²) in [6.45, 7) is 3.30. The van der Waals surface area contributed by atoms with E-state index in [0.29, 0.717) is 38.9 Å². The van der Waals surface area contributed by atoms with Crippen molar-refractivity contribution in [3.63, 3.8) is 0 Å². The fourth-order valence-electron chi connectivity index (χ4n) is 5.19. The predicted octanol–water partition coefficient (Wildman–Crippen LogP) is 1.97. The van der Waals surface area contributed by atoms with Crippen LogP contribution in [0, 0.1) is 0 Å². The molecule has 0 saturated carbocycles. The van der Waals surface area contributed by atoms with Crippen molar-refractivity contribution in [1.29, 1.82) is 0 Å². The van der Waals surface area contributed by atoms with Crippen LogP contribution in [0.5, 0.6) is 5.75 Å². The van der Waals surface area contributed by atoms with Crippen molar-refractivity contribution in [2.75, 3.05) is 33.3 Å². The molecule has 1 spiro atoms. The molecule has 1 aromatic carbocycles. The number of amides is 2. The molecule has 2 fully saturated rings. The molecule has 3 aliphatic heterocycles. The van der Waals surface area contributed by atoms with Crippen LogP contribution in [0.2, 0.25) is 0 Å². The Labute approximate surface area is 188 Å². The van der Waals surface area contributed by atoms with Gasteiger partial charge in [-0.05, 0) is 30.5 Å². The van der Waals surface area contributed by atoms with Gasteiger partial charge in [0.05, 0.1) is 20.1 Å². The number of carbonyl (C=O) groups excluding carboxylic acids is 2. The Balaban J connectivity index is 1.28. The lowest BCUT2D eigenvalue weighted by atomic mass is 9.88. The van der Waals surface area contributed by atoms with E-state index < -0.39 is 11.7 Å². The van der Waals surface area contributed by atoms with Gasteiger partial charge in [-0.1, -0.05) is 12.1 Å². The Morgan fingerprint density at radius 1 is 1.16 bits per heavy atom. The average molecular weight is 439 g/mol. The van der Waals surface area contributed by atoms with Crippen LogP contribution in [0.4, 0.5) is 0 Å². The zero-order valence-electron chi connectivity index (χ0n) is 18.5. The van der Waals surface area contributed by atoms with E-state index in [-0.39, 0.29) is 11.8 Å². The highest BCUT2D eigenvalue weighted by Crippen LogP contribution is 2.40. The third-order valence-corrected chi connectivity index (χ3v) is 6.96. The number of hydrogen-bond donors (Lipinski definition) is 0. The summed E-state index contributed by atoms with van der Waals surface area (Å²) in [5.41, 5.74) is 0.324. The molecule has 0 bridgehead atoms. The summed E-state index contributed by atoms with van der Waals surface area (Å²) in [7, 11) is 1.63. The Morgan fingerprint density at radius 3 is 2.69 bits per heavy atom. The lowest BCUT2D eigenvalue weighted by molar-refractivity contribution is -0.182. The van der Waals surface area contributed by atoms with E-state index in [9.17, 15) is 9.59 Å². The number of likely N-dealkylation sites (tertiary alicyclic amines) is 2. The maximum absolute atomic E-state index is 13.1. The quantitative estimate of drug-likeness (QED) is 0.730. The number of imidazole rings is 1. The molecule has 5 rings (SSSR count). The molecule has 2 aromatic rings. The van der Waals surface area contributed by atoms with Gasteiger partial charge in [0.2, 0.25) is 5.91 Å². The number of nitrogens with zero attached hydrogens (tertiary/aromatic N) is 4. The van der Waals surface area contributed by atoms with Gasteiger partial charge in [0.1, 0.15) is 17.2 Å². The van der Waals surface area contributed by atoms with Gasteiger partial charge >= 0.3 is 0 Å². The van der Waals surface area contributed by atoms with Crippen molar-refractivity contribution in [2.45, 2.75) is 50.4 Å². The number of rotatable bonds is 4. The summed E-state index contributed by atoms with van der Waals surface area (Å²) in [5, 5.41) is 0. The van der Waals surface area contributed by atoms with E-state index in [0.717, 1.165) is 43.1 Å². The van der Waals surface area contributed by atoms with Gasteiger partial charge in [-0.3, -0.25) is 9.59 Å². The SMILES string of the molecule is COc1cccc(CC(=O)N2CCC3(CC2)OC(C(=O)N2CCCC2)Cn2ccnc23)c1. The van der Waals surface area contributed by atoms with Gasteiger partial charge in [0, 0.05) is 51.4 Å². The van der Waals surface area contributed by atoms with Gasteiger partial charge in [-0.25, -0.2) is 4.98 Å². The van der Waals surface area contributed by atoms with Crippen molar-refractivity contribution in [3.05, 3.63) is 48.0 Å². The summed E-state index contributed by atoms with van der Waals surface area (Å²) >= 11 is 0. The first kappa shape index (κ1) is 21.0. The number of methoxy groups -OCH3 is 1. The Morgan fingerprint density at radius 2 is 1.94 bits per heavy atom. The van der Waals surface area contributed by atoms with Crippen molar-refractivity contribution in [1.82, 2.24) is 19.4 Å². The van der Waals surface area contributed by atoms with Gasteiger partial charge in [0.15, 0.2) is 6.10 Å². The molecular weight excluding hydrogens is 408 g/mol. The number of hydrogen-bond acceptors (Lipinski definition) is 5. The standard InChI is InChI=1S/C24H30N4O4/c1-31-19-6-4-5-18(15-19)16-21(29)26-12-7-24(8-13-26)23-25-9-14-28(23)17-20(32-24)22(30)27-10-2-3-11-27/h4-6,9,14-15,20H,2-3,7-8,10-13,16-17H2,1H3. The molecule has 2 amide bonds. The largest absolute Gasteiger partial charge is 0.497 e. The molecule has 0 aliphatic carbocycles. The molecule has 170 valence electrons. The highest BCUT2D eigenvalue weighted by Gasteiger charge is 2.48. The third kappa shape index (κ3) is 3.88. The molecular formula is C24H30N4O4. The molecule has 8 heteroatoms. The average Bonchev–Trinajstić information content (AvgIpc) is 3.52. The first-order valence-electron chi connectivity index (χ1n) is 11.5. The molecule has 1 atom stereocenters. The van der Waals surface area contributed by atoms with Crippen LogP contribution >= 0.6 is 0 Å². The van der Waals surface area contributed by atoms with Gasteiger partial charge in [0.25, 0.3) is 5.91 Å². The van der Waals surface area contributed by atoms with Crippen LogP contribution in [0.15, 0.2) is 36.7 Å². The van der Waals surface area contributed by atoms with Crippen molar-refractivity contribution in [3.8, 4) is 5.75 Å². The van der Waals surface area contributed by atoms with Crippen LogP contribution in [0.25, 0.3) is 0 Å². The molecule has 0 N–H and O–H groups in total. The maximum atomic E-state index is 13.1. The fraction of sp³-hybridized carbons (Fsp3) is 0.542. The first-order chi connectivity index (χ1) is 15.6. The van der Waals surface area contributed by atoms with E-state index in [1.807, 2.05) is 40.3 Å². The maximum Gasteiger partial charge on any atom is 0.253 e. The lowest BCUT2D eigenvalue weighted by Gasteiger charge is -2.46. The summed E-state index contributed by atoms with van der Waals surface area (Å²) in [6, 6.07) is 7.63. The number of fused-ring (bicyclic) bond motifs is 2. The number of benzene rings is 1. The third-order valence-electron chi connectivity index (χ3n) is 6.96. The Hall–Kier alpha value is -2.87. The molecule has 4 heterocycles. The topological polar surface area (TPSA) is 76.9 Å². The minimum Gasteiger partial charge on any atom is -0.497 e. The summed E-state index contributed by atoms with van der Waals surface area (Å²) in [4.78, 5) is 34.4. The van der Waals surface area contributed by atoms with E-state index >= 15 is 0 Å². The molecule has 1 aromatic heterocycles. The van der Waals surface area contributed by atoms with Crippen molar-refractivity contribution < 1.29 is 19.1 Å². The zero-order chi connectivity index (χ0) is 22.1. The normalized spacial score (nSPS) is 22.1. The van der Waals surface area contributed by atoms with E-state index in [1.54, 1.807) is 13.3 Å². The summed E-state index contributed by atoms with van der Waals surface area (Å²) in [6.07, 6.45) is 6.96. The molecule has 32 heavy (non-hydrogen) atoms. The van der Waals surface area contributed by atoms with Crippen LogP contribution in [0.1, 0.15) is 37.1 Å². The minimum absolute atomic E-state index is 0.0813. The molecule has 2 saturated heterocycles. The molecule has 0 radical (unpaired) electrons. The molecule has 3 aliphatic rings. The molecule has 8 nitrogen and oxygen atoms in total. The second-order valence-electron chi connectivity index (χ2n) is 8.95. The molecule has 1 unspecified atom stereocenters. The smallest absolute Gasteiger partial charge is 0.253 e. The second-order valence-corrected chi connectivity index (χ2v) is 8.95. The number of piperidine rings is 1. The van der Waals surface area contributed by atoms with E-state index in [4.69, 9.17) is 9.47 Å². The van der Waals surface area contributed by atoms with Crippen molar-refractivity contribution >= 4 is 11.8 Å². The first-order valence-corrected chi connectivity index (χ1v) is 11.5. The van der Waals surface area contributed by atoms with E-state index in [2.05, 4.69) is 9.55 Å². The van der Waals surface area contributed by atoms with Crippen LogP contribution < -0.4 is 4.74 Å². The number of aromatic nitrogens is 2. The lowest BCUT2D eigenvalue weighted by Crippen LogP contribution is -2.55. The predicted molar refractivity (Wildman–Crippen MR) is 117 cm³/mol. The summed E-state index contributed by atoms with van der Waals surface area (Å²) < 4.78 is 13.9. The highest BCUT2D eigenvalue weighted by molar-refractivity contribution is 5.81. The van der Waals surface area contributed by atoms with Gasteiger partial charge in [-0.15, -0.1) is 0 Å². The van der Waals surface area contributed by atoms with Crippen LogP contribution in [0.3, 0.4) is 0 Å². The highest BCUT2D eigenvalue weighted by atomic mass is 16.5. The van der Waals surface area contributed by atoms with Gasteiger partial charge in [-0.2, -0.15) is 0 Å². The summed E-state index contributed by atoms with van der Waals surface area (Å²) in [5.74, 6) is 1.81. The number of ether oxygens (including phenoxy) is 2. The van der Waals surface area contributed by atoms with Crippen LogP contribution in [-0.2, 0) is 32.9 Å². The number of carbonyl (C=O) groups is 2. The zero-order valence-corrected chi connectivity index (χ0v) is 18.5. The monoisotopic (exact) mass is 438 g/mol. The Bertz CT molecular complexity index is 989. The minimum atomic E-state index is -0.617.